The van der Waals surface area contributed by atoms with Crippen LogP contribution in [0.1, 0.15) is 26.7 Å². The Balaban J connectivity index is 2.52. The summed E-state index contributed by atoms with van der Waals surface area (Å²) in [5, 5.41) is 18.5. The fourth-order valence-corrected chi connectivity index (χ4v) is 1.74. The summed E-state index contributed by atoms with van der Waals surface area (Å²) >= 11 is 0. The van der Waals surface area contributed by atoms with Crippen molar-refractivity contribution in [1.29, 1.82) is 0 Å². The van der Waals surface area contributed by atoms with Crippen LogP contribution in [-0.4, -0.2) is 35.1 Å². The molecular weight excluding hydrogens is 156 g/mol. The van der Waals surface area contributed by atoms with E-state index < -0.39 is 0 Å². The first kappa shape index (κ1) is 9.96. The summed E-state index contributed by atoms with van der Waals surface area (Å²) in [6.45, 7) is 4.04. The van der Waals surface area contributed by atoms with Crippen LogP contribution in [0.25, 0.3) is 0 Å². The molecule has 1 rings (SSSR count). The zero-order valence-corrected chi connectivity index (χ0v) is 7.73. The van der Waals surface area contributed by atoms with Gasteiger partial charge in [-0.2, -0.15) is 0 Å². The normalized spacial score (nSPS) is 43.0. The topological polar surface area (TPSA) is 49.7 Å². The highest BCUT2D eigenvalue weighted by Gasteiger charge is 2.33. The fourth-order valence-electron chi connectivity index (χ4n) is 1.74. The molecule has 0 spiro atoms. The minimum atomic E-state index is -0.319. The van der Waals surface area contributed by atoms with Crippen LogP contribution in [0, 0.1) is 5.92 Å². The molecule has 0 saturated carbocycles. The SMILES string of the molecule is CCC1OC(CO)CC(O)C1C. The average Bonchev–Trinajstić information content (AvgIpc) is 2.09. The smallest absolute Gasteiger partial charge is 0.0834 e. The zero-order valence-electron chi connectivity index (χ0n) is 7.73. The molecule has 12 heavy (non-hydrogen) atoms. The molecule has 0 aromatic rings. The number of rotatable bonds is 2. The van der Waals surface area contributed by atoms with Crippen LogP contribution in [-0.2, 0) is 4.74 Å². The first-order valence-electron chi connectivity index (χ1n) is 4.63. The molecule has 1 heterocycles. The first-order valence-corrected chi connectivity index (χ1v) is 4.63. The summed E-state index contributed by atoms with van der Waals surface area (Å²) in [5.74, 6) is 0.192. The first-order chi connectivity index (χ1) is 5.69. The molecule has 3 nitrogen and oxygen atoms in total. The summed E-state index contributed by atoms with van der Waals surface area (Å²) in [6, 6.07) is 0. The van der Waals surface area contributed by atoms with Gasteiger partial charge in [0, 0.05) is 12.3 Å². The van der Waals surface area contributed by atoms with Gasteiger partial charge in [-0.1, -0.05) is 13.8 Å². The highest BCUT2D eigenvalue weighted by Crippen LogP contribution is 2.26. The molecule has 0 aromatic carbocycles. The molecule has 4 unspecified atom stereocenters. The molecule has 72 valence electrons. The van der Waals surface area contributed by atoms with Crippen molar-refractivity contribution in [2.24, 2.45) is 5.92 Å². The summed E-state index contributed by atoms with van der Waals surface area (Å²) in [5.41, 5.74) is 0. The Bertz CT molecular complexity index is 138. The van der Waals surface area contributed by atoms with Gasteiger partial charge < -0.3 is 14.9 Å². The number of aliphatic hydroxyl groups is 2. The molecule has 4 atom stereocenters. The maximum absolute atomic E-state index is 9.59. The maximum atomic E-state index is 9.59. The lowest BCUT2D eigenvalue weighted by Crippen LogP contribution is -2.43. The van der Waals surface area contributed by atoms with E-state index in [1.807, 2.05) is 13.8 Å². The monoisotopic (exact) mass is 174 g/mol. The highest BCUT2D eigenvalue weighted by atomic mass is 16.5. The van der Waals surface area contributed by atoms with E-state index in [1.54, 1.807) is 0 Å². The Morgan fingerprint density at radius 3 is 2.67 bits per heavy atom. The number of aliphatic hydroxyl groups excluding tert-OH is 2. The van der Waals surface area contributed by atoms with Gasteiger partial charge in [0.15, 0.2) is 0 Å². The highest BCUT2D eigenvalue weighted by molar-refractivity contribution is 4.81. The molecule has 1 fully saturated rings. The second-order valence-electron chi connectivity index (χ2n) is 3.55. The van der Waals surface area contributed by atoms with Crippen LogP contribution in [0.2, 0.25) is 0 Å². The molecule has 0 aromatic heterocycles. The van der Waals surface area contributed by atoms with Crippen molar-refractivity contribution < 1.29 is 14.9 Å². The number of hydrogen-bond donors (Lipinski definition) is 2. The van der Waals surface area contributed by atoms with Gasteiger partial charge in [0.2, 0.25) is 0 Å². The van der Waals surface area contributed by atoms with Gasteiger partial charge in [0.05, 0.1) is 24.9 Å². The summed E-state index contributed by atoms with van der Waals surface area (Å²) in [6.07, 6.45) is 1.08. The van der Waals surface area contributed by atoms with Crippen molar-refractivity contribution in [1.82, 2.24) is 0 Å². The Kier molecular flexibility index (Phi) is 3.50. The Labute approximate surface area is 73.4 Å². The van der Waals surface area contributed by atoms with Crippen molar-refractivity contribution in [2.75, 3.05) is 6.61 Å². The largest absolute Gasteiger partial charge is 0.394 e. The van der Waals surface area contributed by atoms with E-state index in [2.05, 4.69) is 0 Å². The van der Waals surface area contributed by atoms with Crippen LogP contribution >= 0.6 is 0 Å². The van der Waals surface area contributed by atoms with Gasteiger partial charge in [-0.3, -0.25) is 0 Å². The third-order valence-electron chi connectivity index (χ3n) is 2.67. The lowest BCUT2D eigenvalue weighted by atomic mass is 9.89. The van der Waals surface area contributed by atoms with Crippen LogP contribution < -0.4 is 0 Å². The van der Waals surface area contributed by atoms with Crippen LogP contribution in [0.15, 0.2) is 0 Å². The van der Waals surface area contributed by atoms with Crippen molar-refractivity contribution in [3.63, 3.8) is 0 Å². The number of ether oxygens (including phenoxy) is 1. The van der Waals surface area contributed by atoms with Gasteiger partial charge >= 0.3 is 0 Å². The number of hydrogen-bond acceptors (Lipinski definition) is 3. The van der Waals surface area contributed by atoms with E-state index in [1.165, 1.54) is 0 Å². The summed E-state index contributed by atoms with van der Waals surface area (Å²) < 4.78 is 5.56. The summed E-state index contributed by atoms with van der Waals surface area (Å²) in [7, 11) is 0. The minimum Gasteiger partial charge on any atom is -0.394 e. The Hall–Kier alpha value is -0.120. The second-order valence-corrected chi connectivity index (χ2v) is 3.55. The third kappa shape index (κ3) is 1.97. The van der Waals surface area contributed by atoms with Crippen LogP contribution in [0.5, 0.6) is 0 Å². The van der Waals surface area contributed by atoms with Gasteiger partial charge in [0.25, 0.3) is 0 Å². The van der Waals surface area contributed by atoms with E-state index >= 15 is 0 Å². The van der Waals surface area contributed by atoms with E-state index in [0.717, 1.165) is 6.42 Å². The Morgan fingerprint density at radius 1 is 1.50 bits per heavy atom. The molecule has 1 aliphatic heterocycles. The van der Waals surface area contributed by atoms with Gasteiger partial charge in [-0.15, -0.1) is 0 Å². The van der Waals surface area contributed by atoms with Gasteiger partial charge in [-0.05, 0) is 6.42 Å². The quantitative estimate of drug-likeness (QED) is 0.642. The average molecular weight is 174 g/mol. The molecule has 1 saturated heterocycles. The lowest BCUT2D eigenvalue weighted by molar-refractivity contribution is -0.143. The molecule has 2 N–H and O–H groups in total. The second kappa shape index (κ2) is 4.21. The van der Waals surface area contributed by atoms with E-state index in [9.17, 15) is 5.11 Å². The fraction of sp³-hybridized carbons (Fsp3) is 1.00. The molecule has 0 amide bonds. The molecule has 0 radical (unpaired) electrons. The van der Waals surface area contributed by atoms with Gasteiger partial charge in [0.1, 0.15) is 0 Å². The van der Waals surface area contributed by atoms with Crippen molar-refractivity contribution in [2.45, 2.75) is 45.0 Å². The van der Waals surface area contributed by atoms with E-state index in [4.69, 9.17) is 9.84 Å². The lowest BCUT2D eigenvalue weighted by Gasteiger charge is -2.37. The molecule has 0 aliphatic carbocycles. The van der Waals surface area contributed by atoms with Crippen molar-refractivity contribution in [3.05, 3.63) is 0 Å². The molecule has 3 heteroatoms. The Morgan fingerprint density at radius 2 is 2.17 bits per heavy atom. The van der Waals surface area contributed by atoms with Crippen molar-refractivity contribution >= 4 is 0 Å². The van der Waals surface area contributed by atoms with Crippen molar-refractivity contribution in [3.8, 4) is 0 Å². The molecular formula is C9H18O3. The minimum absolute atomic E-state index is 0.0142. The van der Waals surface area contributed by atoms with Crippen LogP contribution in [0.4, 0.5) is 0 Å². The predicted octanol–water partition coefficient (Wildman–Crippen LogP) is 0.543. The zero-order chi connectivity index (χ0) is 9.14. The van der Waals surface area contributed by atoms with E-state index in [-0.39, 0.29) is 30.8 Å². The maximum Gasteiger partial charge on any atom is 0.0834 e. The van der Waals surface area contributed by atoms with Crippen LogP contribution in [0.3, 0.4) is 0 Å². The standard InChI is InChI=1S/C9H18O3/c1-3-9-6(2)8(11)4-7(5-10)12-9/h6-11H,3-5H2,1-2H3. The summed E-state index contributed by atoms with van der Waals surface area (Å²) in [4.78, 5) is 0. The molecule has 0 bridgehead atoms. The molecule has 1 aliphatic rings. The third-order valence-corrected chi connectivity index (χ3v) is 2.67. The predicted molar refractivity (Wildman–Crippen MR) is 45.8 cm³/mol. The van der Waals surface area contributed by atoms with E-state index in [0.29, 0.717) is 6.42 Å². The van der Waals surface area contributed by atoms with Gasteiger partial charge in [-0.25, -0.2) is 0 Å².